The van der Waals surface area contributed by atoms with Crippen LogP contribution < -0.4 is 14.8 Å². The average molecular weight is 375 g/mol. The van der Waals surface area contributed by atoms with Crippen LogP contribution in [0.5, 0.6) is 11.5 Å². The Bertz CT molecular complexity index is 782. The second-order valence-electron chi connectivity index (χ2n) is 8.16. The summed E-state index contributed by atoms with van der Waals surface area (Å²) in [5.74, 6) is 1.10. The number of hydrogen-bond acceptors (Lipinski definition) is 5. The van der Waals surface area contributed by atoms with Crippen LogP contribution in [0.15, 0.2) is 28.7 Å². The van der Waals surface area contributed by atoms with Gasteiger partial charge in [0.25, 0.3) is 0 Å². The minimum Gasteiger partial charge on any atom is -0.485 e. The quantitative estimate of drug-likeness (QED) is 0.770. The Kier molecular flexibility index (Phi) is 5.06. The lowest BCUT2D eigenvalue weighted by Crippen LogP contribution is -2.38. The highest BCUT2D eigenvalue weighted by molar-refractivity contribution is 7.84. The lowest BCUT2D eigenvalue weighted by atomic mass is 9.74. The number of allylic oxidation sites excluding steroid dienone is 1. The van der Waals surface area contributed by atoms with Crippen molar-refractivity contribution in [3.8, 4) is 11.5 Å². The number of carbonyl (C=O) groups excluding carboxylic acids is 2. The maximum absolute atomic E-state index is 12.9. The third-order valence-electron chi connectivity index (χ3n) is 4.59. The smallest absolute Gasteiger partial charge is 0.412 e. The molecule has 0 bridgehead atoms. The number of ether oxygens (including phenoxy) is 2. The fraction of sp³-hybridized carbons (Fsp3) is 0.500. The normalized spacial score (nSPS) is 21.0. The zero-order valence-corrected chi connectivity index (χ0v) is 16.5. The number of nitrogens with one attached hydrogen (secondary N) is 1. The van der Waals surface area contributed by atoms with Crippen molar-refractivity contribution >= 4 is 24.5 Å². The summed E-state index contributed by atoms with van der Waals surface area (Å²) in [5.41, 5.74) is 1.16. The van der Waals surface area contributed by atoms with Crippen molar-refractivity contribution in [2.45, 2.75) is 46.6 Å². The molecule has 1 aliphatic carbocycles. The molecule has 0 fully saturated rings. The molecule has 0 radical (unpaired) electrons. The van der Waals surface area contributed by atoms with E-state index < -0.39 is 6.09 Å². The Morgan fingerprint density at radius 2 is 2.15 bits per heavy atom. The molecule has 0 saturated carbocycles. The number of ketones is 1. The molecule has 2 aliphatic rings. The Morgan fingerprint density at radius 1 is 1.42 bits per heavy atom. The van der Waals surface area contributed by atoms with Gasteiger partial charge in [-0.1, -0.05) is 27.7 Å². The zero-order valence-electron chi connectivity index (χ0n) is 15.6. The third-order valence-corrected chi connectivity index (χ3v) is 4.99. The van der Waals surface area contributed by atoms with E-state index in [1.165, 1.54) is 0 Å². The number of Topliss-reactive ketones (excluding diaryl/α,β-unsaturated/α-hetero) is 1. The Hall–Kier alpha value is -1.95. The van der Waals surface area contributed by atoms with Gasteiger partial charge in [-0.15, -0.1) is 12.6 Å². The van der Waals surface area contributed by atoms with E-state index in [0.29, 0.717) is 35.1 Å². The monoisotopic (exact) mass is 375 g/mol. The first kappa shape index (κ1) is 18.8. The van der Waals surface area contributed by atoms with Crippen molar-refractivity contribution in [1.82, 2.24) is 5.32 Å². The molecular weight excluding hydrogens is 350 g/mol. The molecule has 1 aromatic rings. The summed E-state index contributed by atoms with van der Waals surface area (Å²) in [6, 6.07) is 4.87. The summed E-state index contributed by atoms with van der Waals surface area (Å²) in [4.78, 5) is 25.5. The molecule has 0 saturated heterocycles. The van der Waals surface area contributed by atoms with Gasteiger partial charge in [0.15, 0.2) is 5.78 Å². The first-order valence-electron chi connectivity index (χ1n) is 8.89. The topological polar surface area (TPSA) is 64.6 Å². The van der Waals surface area contributed by atoms with E-state index in [1.54, 1.807) is 18.2 Å². The first-order chi connectivity index (χ1) is 12.2. The van der Waals surface area contributed by atoms with E-state index in [-0.39, 0.29) is 17.3 Å². The number of amides is 1. The van der Waals surface area contributed by atoms with Gasteiger partial charge in [-0.2, -0.15) is 0 Å². The highest BCUT2D eigenvalue weighted by Crippen LogP contribution is 2.46. The van der Waals surface area contributed by atoms with Crippen molar-refractivity contribution in [2.24, 2.45) is 11.3 Å². The van der Waals surface area contributed by atoms with Crippen molar-refractivity contribution in [3.05, 3.63) is 34.2 Å². The predicted octanol–water partition coefficient (Wildman–Crippen LogP) is 4.38. The largest absolute Gasteiger partial charge is 0.485 e. The zero-order chi connectivity index (χ0) is 19.1. The van der Waals surface area contributed by atoms with Crippen LogP contribution in [0, 0.1) is 11.3 Å². The fourth-order valence-corrected chi connectivity index (χ4v) is 4.04. The molecule has 1 aromatic carbocycles. The number of thiol groups is 1. The van der Waals surface area contributed by atoms with Gasteiger partial charge in [-0.3, -0.25) is 4.79 Å². The van der Waals surface area contributed by atoms with Crippen LogP contribution in [-0.2, 0) is 0 Å². The molecular formula is C20H25NO4S. The van der Waals surface area contributed by atoms with Crippen LogP contribution in [0.2, 0.25) is 0 Å². The molecule has 0 aromatic heterocycles. The Labute approximate surface area is 159 Å². The van der Waals surface area contributed by atoms with E-state index >= 15 is 0 Å². The standard InChI is InChI=1S/C20H25NO4S/c1-11(2)10-21-19(23)24-12-5-6-13-14(7-12)25-15-8-20(3,4)9-16(26)17(15)18(13)22/h5-7,11,15,26H,8-10H2,1-4H3,(H,21,23). The maximum Gasteiger partial charge on any atom is 0.412 e. The molecule has 6 heteroatoms. The molecule has 0 spiro atoms. The number of carbonyl (C=O) groups is 2. The van der Waals surface area contributed by atoms with Crippen molar-refractivity contribution in [2.75, 3.05) is 6.54 Å². The molecule has 5 nitrogen and oxygen atoms in total. The minimum absolute atomic E-state index is 0.0217. The fourth-order valence-electron chi connectivity index (χ4n) is 3.37. The maximum atomic E-state index is 12.9. The van der Waals surface area contributed by atoms with Gasteiger partial charge in [-0.25, -0.2) is 4.79 Å². The van der Waals surface area contributed by atoms with Crippen LogP contribution in [-0.4, -0.2) is 24.5 Å². The number of fused-ring (bicyclic) bond motifs is 2. The van der Waals surface area contributed by atoms with E-state index in [9.17, 15) is 9.59 Å². The van der Waals surface area contributed by atoms with Crippen LogP contribution in [0.25, 0.3) is 0 Å². The predicted molar refractivity (Wildman–Crippen MR) is 103 cm³/mol. The van der Waals surface area contributed by atoms with Gasteiger partial charge < -0.3 is 14.8 Å². The summed E-state index contributed by atoms with van der Waals surface area (Å²) >= 11 is 4.55. The summed E-state index contributed by atoms with van der Waals surface area (Å²) in [7, 11) is 0. The Morgan fingerprint density at radius 3 is 2.85 bits per heavy atom. The molecule has 3 rings (SSSR count). The summed E-state index contributed by atoms with van der Waals surface area (Å²) in [5, 5.41) is 2.69. The molecule has 1 aliphatic heterocycles. The lowest BCUT2D eigenvalue weighted by Gasteiger charge is -2.39. The molecule has 1 heterocycles. The molecule has 1 unspecified atom stereocenters. The van der Waals surface area contributed by atoms with Gasteiger partial charge in [-0.05, 0) is 41.2 Å². The Balaban J connectivity index is 1.82. The van der Waals surface area contributed by atoms with Crippen LogP contribution in [0.3, 0.4) is 0 Å². The van der Waals surface area contributed by atoms with Gasteiger partial charge in [0, 0.05) is 18.2 Å². The molecule has 1 amide bonds. The van der Waals surface area contributed by atoms with Gasteiger partial charge >= 0.3 is 6.09 Å². The van der Waals surface area contributed by atoms with Crippen LogP contribution >= 0.6 is 12.6 Å². The third kappa shape index (κ3) is 3.90. The molecule has 1 N–H and O–H groups in total. The van der Waals surface area contributed by atoms with E-state index in [1.807, 2.05) is 13.8 Å². The van der Waals surface area contributed by atoms with E-state index in [0.717, 1.165) is 17.7 Å². The first-order valence-corrected chi connectivity index (χ1v) is 9.34. The number of benzene rings is 1. The second-order valence-corrected chi connectivity index (χ2v) is 8.70. The van der Waals surface area contributed by atoms with Gasteiger partial charge in [0.1, 0.15) is 17.6 Å². The SMILES string of the molecule is CC(C)CNC(=O)Oc1ccc2c(c1)OC1CC(C)(C)CC(S)=C1C2=O. The van der Waals surface area contributed by atoms with Crippen LogP contribution in [0.1, 0.15) is 50.9 Å². The highest BCUT2D eigenvalue weighted by Gasteiger charge is 2.41. The summed E-state index contributed by atoms with van der Waals surface area (Å²) in [6.45, 7) is 8.83. The van der Waals surface area contributed by atoms with Crippen LogP contribution in [0.4, 0.5) is 4.79 Å². The van der Waals surface area contributed by atoms with Crippen molar-refractivity contribution in [3.63, 3.8) is 0 Å². The minimum atomic E-state index is -0.516. The van der Waals surface area contributed by atoms with Gasteiger partial charge in [0.2, 0.25) is 0 Å². The molecule has 140 valence electrons. The summed E-state index contributed by atoms with van der Waals surface area (Å²) in [6.07, 6.45) is 0.690. The van der Waals surface area contributed by atoms with Gasteiger partial charge in [0.05, 0.1) is 5.56 Å². The highest BCUT2D eigenvalue weighted by atomic mass is 32.1. The van der Waals surface area contributed by atoms with Crippen molar-refractivity contribution < 1.29 is 19.1 Å². The van der Waals surface area contributed by atoms with Crippen molar-refractivity contribution in [1.29, 1.82) is 0 Å². The number of hydrogen-bond donors (Lipinski definition) is 2. The number of rotatable bonds is 3. The molecule has 26 heavy (non-hydrogen) atoms. The average Bonchev–Trinajstić information content (AvgIpc) is 2.51. The molecule has 1 atom stereocenters. The van der Waals surface area contributed by atoms with E-state index in [2.05, 4.69) is 31.8 Å². The lowest BCUT2D eigenvalue weighted by molar-refractivity contribution is 0.0888. The van der Waals surface area contributed by atoms with E-state index in [4.69, 9.17) is 9.47 Å². The summed E-state index contributed by atoms with van der Waals surface area (Å²) < 4.78 is 11.4. The second kappa shape index (κ2) is 6.99.